The third-order valence-electron chi connectivity index (χ3n) is 3.00. The van der Waals surface area contributed by atoms with E-state index in [1.165, 1.54) is 4.90 Å². The summed E-state index contributed by atoms with van der Waals surface area (Å²) in [4.78, 5) is 1.43. The second kappa shape index (κ2) is 5.69. The lowest BCUT2D eigenvalue weighted by Crippen LogP contribution is -2.38. The summed E-state index contributed by atoms with van der Waals surface area (Å²) in [5.74, 6) is 0.519. The topological polar surface area (TPSA) is 38.5 Å². The molecule has 0 amide bonds. The van der Waals surface area contributed by atoms with Gasteiger partial charge in [0, 0.05) is 12.6 Å². The molecule has 19 heavy (non-hydrogen) atoms. The van der Waals surface area contributed by atoms with Crippen LogP contribution in [0.3, 0.4) is 0 Å². The Hall–Kier alpha value is -1.43. The summed E-state index contributed by atoms with van der Waals surface area (Å²) in [6, 6.07) is 7.02. The van der Waals surface area contributed by atoms with Crippen molar-refractivity contribution in [2.75, 3.05) is 25.4 Å². The molecule has 106 valence electrons. The standard InChI is InChI=1S/C13H17F3N2O/c14-13(15,16)9-18(10-5-6-10)7-8-19-12-4-2-1-3-11(12)17/h1-4,10H,5-9,17H2. The quantitative estimate of drug-likeness (QED) is 0.811. The van der Waals surface area contributed by atoms with Crippen molar-refractivity contribution < 1.29 is 17.9 Å². The fourth-order valence-corrected chi connectivity index (χ4v) is 1.95. The molecule has 6 heteroatoms. The number of ether oxygens (including phenoxy) is 1. The molecule has 0 unspecified atom stereocenters. The molecule has 0 spiro atoms. The molecular formula is C13H17F3N2O. The monoisotopic (exact) mass is 274 g/mol. The van der Waals surface area contributed by atoms with Crippen molar-refractivity contribution in [3.8, 4) is 5.75 Å². The SMILES string of the molecule is Nc1ccccc1OCCN(CC(F)(F)F)C1CC1. The maximum absolute atomic E-state index is 12.4. The Balaban J connectivity index is 1.81. The number of nitrogens with two attached hydrogens (primary N) is 1. The first-order chi connectivity index (χ1) is 8.96. The van der Waals surface area contributed by atoms with E-state index in [0.29, 0.717) is 11.4 Å². The van der Waals surface area contributed by atoms with Crippen LogP contribution in [-0.4, -0.2) is 36.8 Å². The van der Waals surface area contributed by atoms with Crippen LogP contribution in [0.5, 0.6) is 5.75 Å². The smallest absolute Gasteiger partial charge is 0.401 e. The van der Waals surface area contributed by atoms with Crippen LogP contribution in [-0.2, 0) is 0 Å². The Bertz CT molecular complexity index is 419. The van der Waals surface area contributed by atoms with Crippen molar-refractivity contribution in [1.82, 2.24) is 4.90 Å². The van der Waals surface area contributed by atoms with Gasteiger partial charge in [0.2, 0.25) is 0 Å². The predicted molar refractivity (Wildman–Crippen MR) is 67.0 cm³/mol. The number of benzene rings is 1. The van der Waals surface area contributed by atoms with E-state index >= 15 is 0 Å². The van der Waals surface area contributed by atoms with Crippen molar-refractivity contribution in [3.05, 3.63) is 24.3 Å². The van der Waals surface area contributed by atoms with Gasteiger partial charge in [0.1, 0.15) is 12.4 Å². The summed E-state index contributed by atoms with van der Waals surface area (Å²) in [5.41, 5.74) is 6.19. The van der Waals surface area contributed by atoms with E-state index in [1.807, 2.05) is 0 Å². The van der Waals surface area contributed by atoms with E-state index in [9.17, 15) is 13.2 Å². The number of nitrogen functional groups attached to an aromatic ring is 1. The summed E-state index contributed by atoms with van der Waals surface area (Å²) in [6.45, 7) is -0.398. The van der Waals surface area contributed by atoms with Crippen LogP contribution in [0.2, 0.25) is 0 Å². The molecule has 1 fully saturated rings. The van der Waals surface area contributed by atoms with Gasteiger partial charge in [0.05, 0.1) is 12.2 Å². The summed E-state index contributed by atoms with van der Waals surface area (Å²) in [5, 5.41) is 0. The van der Waals surface area contributed by atoms with E-state index in [1.54, 1.807) is 24.3 Å². The van der Waals surface area contributed by atoms with Crippen molar-refractivity contribution in [2.24, 2.45) is 0 Å². The van der Waals surface area contributed by atoms with Crippen LogP contribution in [0.4, 0.5) is 18.9 Å². The fourth-order valence-electron chi connectivity index (χ4n) is 1.95. The Labute approximate surface area is 110 Å². The number of hydrogen-bond donors (Lipinski definition) is 1. The lowest BCUT2D eigenvalue weighted by atomic mass is 10.3. The first kappa shape index (κ1) is 14.0. The molecule has 1 aliphatic carbocycles. The lowest BCUT2D eigenvalue weighted by Gasteiger charge is -2.23. The van der Waals surface area contributed by atoms with Crippen LogP contribution >= 0.6 is 0 Å². The van der Waals surface area contributed by atoms with Crippen LogP contribution in [0.1, 0.15) is 12.8 Å². The number of nitrogens with zero attached hydrogens (tertiary/aromatic N) is 1. The highest BCUT2D eigenvalue weighted by Crippen LogP contribution is 2.30. The van der Waals surface area contributed by atoms with Gasteiger partial charge in [-0.1, -0.05) is 12.1 Å². The van der Waals surface area contributed by atoms with Crippen molar-refractivity contribution in [2.45, 2.75) is 25.1 Å². The molecule has 1 saturated carbocycles. The largest absolute Gasteiger partial charge is 0.490 e. The molecule has 0 heterocycles. The van der Waals surface area contributed by atoms with E-state index in [0.717, 1.165) is 12.8 Å². The highest BCUT2D eigenvalue weighted by Gasteiger charge is 2.37. The highest BCUT2D eigenvalue weighted by molar-refractivity contribution is 5.51. The second-order valence-corrected chi connectivity index (χ2v) is 4.70. The van der Waals surface area contributed by atoms with Crippen molar-refractivity contribution >= 4 is 5.69 Å². The van der Waals surface area contributed by atoms with Gasteiger partial charge in [0.15, 0.2) is 0 Å². The Morgan fingerprint density at radius 3 is 2.53 bits per heavy atom. The average molecular weight is 274 g/mol. The molecule has 0 aliphatic heterocycles. The van der Waals surface area contributed by atoms with Crippen molar-refractivity contribution in [1.29, 1.82) is 0 Å². The van der Waals surface area contributed by atoms with Gasteiger partial charge >= 0.3 is 6.18 Å². The van der Waals surface area contributed by atoms with Crippen molar-refractivity contribution in [3.63, 3.8) is 0 Å². The summed E-state index contributed by atoms with van der Waals surface area (Å²) >= 11 is 0. The van der Waals surface area contributed by atoms with E-state index < -0.39 is 12.7 Å². The number of alkyl halides is 3. The maximum Gasteiger partial charge on any atom is 0.401 e. The van der Waals surface area contributed by atoms with Crippen LogP contribution in [0.15, 0.2) is 24.3 Å². The maximum atomic E-state index is 12.4. The van der Waals surface area contributed by atoms with Crippen LogP contribution in [0.25, 0.3) is 0 Å². The Morgan fingerprint density at radius 2 is 1.95 bits per heavy atom. The van der Waals surface area contributed by atoms with Gasteiger partial charge in [-0.2, -0.15) is 13.2 Å². The molecule has 0 aromatic heterocycles. The fraction of sp³-hybridized carbons (Fsp3) is 0.538. The van der Waals surface area contributed by atoms with Gasteiger partial charge in [-0.15, -0.1) is 0 Å². The molecule has 1 aromatic carbocycles. The first-order valence-corrected chi connectivity index (χ1v) is 6.24. The van der Waals surface area contributed by atoms with E-state index in [2.05, 4.69) is 0 Å². The third kappa shape index (κ3) is 4.63. The molecule has 0 atom stereocenters. The highest BCUT2D eigenvalue weighted by atomic mass is 19.4. The molecule has 2 rings (SSSR count). The first-order valence-electron chi connectivity index (χ1n) is 6.24. The van der Waals surface area contributed by atoms with Crippen LogP contribution in [0, 0.1) is 0 Å². The van der Waals surface area contributed by atoms with Crippen LogP contribution < -0.4 is 10.5 Å². The van der Waals surface area contributed by atoms with Gasteiger partial charge in [-0.05, 0) is 25.0 Å². The zero-order valence-corrected chi connectivity index (χ0v) is 10.5. The van der Waals surface area contributed by atoms with Gasteiger partial charge in [-0.3, -0.25) is 4.90 Å². The molecule has 0 bridgehead atoms. The van der Waals surface area contributed by atoms with Gasteiger partial charge in [0.25, 0.3) is 0 Å². The molecule has 1 aromatic rings. The molecule has 0 radical (unpaired) electrons. The molecule has 3 nitrogen and oxygen atoms in total. The third-order valence-corrected chi connectivity index (χ3v) is 3.00. The summed E-state index contributed by atoms with van der Waals surface area (Å²) < 4.78 is 42.6. The summed E-state index contributed by atoms with van der Waals surface area (Å²) in [6.07, 6.45) is -2.48. The van der Waals surface area contributed by atoms with Gasteiger partial charge < -0.3 is 10.5 Å². The molecule has 1 aliphatic rings. The molecular weight excluding hydrogens is 257 g/mol. The van der Waals surface area contributed by atoms with E-state index in [-0.39, 0.29) is 19.2 Å². The molecule has 0 saturated heterocycles. The Morgan fingerprint density at radius 1 is 1.26 bits per heavy atom. The van der Waals surface area contributed by atoms with E-state index in [4.69, 9.17) is 10.5 Å². The molecule has 2 N–H and O–H groups in total. The predicted octanol–water partition coefficient (Wildman–Crippen LogP) is 2.67. The number of halogens is 3. The van der Waals surface area contributed by atoms with Gasteiger partial charge in [-0.25, -0.2) is 0 Å². The second-order valence-electron chi connectivity index (χ2n) is 4.70. The Kier molecular flexibility index (Phi) is 4.19. The number of anilines is 1. The lowest BCUT2D eigenvalue weighted by molar-refractivity contribution is -0.147. The zero-order valence-electron chi connectivity index (χ0n) is 10.5. The number of hydrogen-bond acceptors (Lipinski definition) is 3. The minimum atomic E-state index is -4.16. The summed E-state index contributed by atoms with van der Waals surface area (Å²) in [7, 11) is 0. The number of para-hydroxylation sites is 2. The number of rotatable bonds is 6. The zero-order chi connectivity index (χ0) is 13.9. The normalized spacial score (nSPS) is 15.8. The minimum Gasteiger partial charge on any atom is -0.490 e. The average Bonchev–Trinajstić information content (AvgIpc) is 3.12. The minimum absolute atomic E-state index is 0.0540.